The normalized spacial score (nSPS) is 33.5. The van der Waals surface area contributed by atoms with Crippen molar-refractivity contribution in [1.29, 1.82) is 0 Å². The molecule has 3 fully saturated rings. The van der Waals surface area contributed by atoms with Crippen LogP contribution in [0.25, 0.3) is 0 Å². The summed E-state index contributed by atoms with van der Waals surface area (Å²) in [6.07, 6.45) is 8.45. The molecule has 1 aromatic heterocycles. The van der Waals surface area contributed by atoms with Gasteiger partial charge in [-0.15, -0.1) is 10.2 Å². The van der Waals surface area contributed by atoms with Crippen LogP contribution in [-0.2, 0) is 12.5 Å². The van der Waals surface area contributed by atoms with Gasteiger partial charge >= 0.3 is 0 Å². The third-order valence-corrected chi connectivity index (χ3v) is 6.95. The first-order valence-electron chi connectivity index (χ1n) is 8.68. The highest BCUT2D eigenvalue weighted by atomic mass is 79.9. The van der Waals surface area contributed by atoms with E-state index < -0.39 is 0 Å². The number of benzene rings is 1. The van der Waals surface area contributed by atoms with Gasteiger partial charge in [0.2, 0.25) is 0 Å². The fraction of sp³-hybridized carbons (Fsp3) is 0.579. The van der Waals surface area contributed by atoms with E-state index in [4.69, 9.17) is 0 Å². The number of halogens is 1. The highest BCUT2D eigenvalue weighted by Gasteiger charge is 2.63. The SMILES string of the molecule is CC1CC(c2cc(Br)cc(C3CC34CC4)c2)(c2nncn2C)C1. The van der Waals surface area contributed by atoms with Gasteiger partial charge in [0.15, 0.2) is 0 Å². The van der Waals surface area contributed by atoms with Crippen molar-refractivity contribution in [3.8, 4) is 0 Å². The van der Waals surface area contributed by atoms with Crippen LogP contribution in [0.2, 0.25) is 0 Å². The summed E-state index contributed by atoms with van der Waals surface area (Å²) in [6.45, 7) is 2.34. The van der Waals surface area contributed by atoms with Crippen LogP contribution in [0, 0.1) is 11.3 Å². The Morgan fingerprint density at radius 3 is 2.52 bits per heavy atom. The van der Waals surface area contributed by atoms with E-state index in [9.17, 15) is 0 Å². The van der Waals surface area contributed by atoms with E-state index in [0.29, 0.717) is 5.41 Å². The molecule has 1 unspecified atom stereocenters. The Hall–Kier alpha value is -1.16. The van der Waals surface area contributed by atoms with Gasteiger partial charge in [-0.1, -0.05) is 28.9 Å². The molecule has 2 aromatic rings. The molecule has 5 rings (SSSR count). The van der Waals surface area contributed by atoms with Gasteiger partial charge in [-0.3, -0.25) is 0 Å². The molecular formula is C19H22BrN3. The maximum atomic E-state index is 4.48. The standard InChI is InChI=1S/C19H22BrN3/c1-12-8-19(9-12,17-22-21-11-23(17)2)14-5-13(6-15(20)7-14)16-10-18(16)3-4-18/h5-7,11-12,16H,3-4,8-10H2,1-2H3. The first-order chi connectivity index (χ1) is 11.0. The fourth-order valence-electron chi connectivity index (χ4n) is 5.02. The number of aryl methyl sites for hydroxylation is 1. The lowest BCUT2D eigenvalue weighted by Gasteiger charge is -2.46. The molecule has 1 atom stereocenters. The van der Waals surface area contributed by atoms with Crippen molar-refractivity contribution in [3.05, 3.63) is 46.0 Å². The van der Waals surface area contributed by atoms with Crippen molar-refractivity contribution >= 4 is 15.9 Å². The quantitative estimate of drug-likeness (QED) is 0.791. The lowest BCUT2D eigenvalue weighted by atomic mass is 9.58. The molecule has 3 aliphatic carbocycles. The molecule has 0 amide bonds. The summed E-state index contributed by atoms with van der Waals surface area (Å²) in [5, 5.41) is 8.63. The minimum atomic E-state index is 0.0504. The monoisotopic (exact) mass is 371 g/mol. The van der Waals surface area contributed by atoms with Gasteiger partial charge < -0.3 is 4.57 Å². The number of aromatic nitrogens is 3. The topological polar surface area (TPSA) is 30.7 Å². The lowest BCUT2D eigenvalue weighted by molar-refractivity contribution is 0.185. The van der Waals surface area contributed by atoms with Gasteiger partial charge in [-0.05, 0) is 72.6 Å². The predicted octanol–water partition coefficient (Wildman–Crippen LogP) is 4.56. The molecule has 0 bridgehead atoms. The molecule has 1 aromatic carbocycles. The predicted molar refractivity (Wildman–Crippen MR) is 93.3 cm³/mol. The minimum absolute atomic E-state index is 0.0504. The van der Waals surface area contributed by atoms with Crippen molar-refractivity contribution in [1.82, 2.24) is 14.8 Å². The number of nitrogens with zero attached hydrogens (tertiary/aromatic N) is 3. The molecule has 4 heteroatoms. The molecule has 0 radical (unpaired) electrons. The summed E-state index contributed by atoms with van der Waals surface area (Å²) in [6, 6.07) is 7.13. The van der Waals surface area contributed by atoms with Crippen LogP contribution >= 0.6 is 15.9 Å². The summed E-state index contributed by atoms with van der Waals surface area (Å²) in [7, 11) is 2.07. The van der Waals surface area contributed by atoms with Crippen LogP contribution in [0.5, 0.6) is 0 Å². The molecule has 0 N–H and O–H groups in total. The van der Waals surface area contributed by atoms with Gasteiger partial charge in [0.25, 0.3) is 0 Å². The Morgan fingerprint density at radius 2 is 1.96 bits per heavy atom. The number of hydrogen-bond acceptors (Lipinski definition) is 2. The van der Waals surface area contributed by atoms with Crippen LogP contribution in [0.3, 0.4) is 0 Å². The lowest BCUT2D eigenvalue weighted by Crippen LogP contribution is -2.43. The highest BCUT2D eigenvalue weighted by molar-refractivity contribution is 9.10. The molecule has 120 valence electrons. The molecule has 3 aliphatic rings. The highest BCUT2D eigenvalue weighted by Crippen LogP contribution is 2.75. The Labute approximate surface area is 145 Å². The summed E-state index contributed by atoms with van der Waals surface area (Å²) in [5.41, 5.74) is 3.71. The van der Waals surface area contributed by atoms with Crippen molar-refractivity contribution in [2.75, 3.05) is 0 Å². The zero-order valence-electron chi connectivity index (χ0n) is 13.7. The second kappa shape index (κ2) is 4.47. The van der Waals surface area contributed by atoms with Gasteiger partial charge in [0, 0.05) is 11.5 Å². The van der Waals surface area contributed by atoms with E-state index >= 15 is 0 Å². The number of rotatable bonds is 3. The van der Waals surface area contributed by atoms with Gasteiger partial charge in [0.1, 0.15) is 12.2 Å². The number of hydrogen-bond donors (Lipinski definition) is 0. The molecule has 3 saturated carbocycles. The van der Waals surface area contributed by atoms with E-state index in [1.165, 1.54) is 47.7 Å². The molecule has 1 spiro atoms. The second-order valence-corrected chi connectivity index (χ2v) is 9.17. The average molecular weight is 372 g/mol. The zero-order chi connectivity index (χ0) is 15.8. The Balaban J connectivity index is 1.60. The van der Waals surface area contributed by atoms with Crippen LogP contribution in [0.1, 0.15) is 61.9 Å². The van der Waals surface area contributed by atoms with Crippen LogP contribution in [0.15, 0.2) is 29.0 Å². The summed E-state index contributed by atoms with van der Waals surface area (Å²) in [4.78, 5) is 0. The molecule has 23 heavy (non-hydrogen) atoms. The first kappa shape index (κ1) is 14.2. The third kappa shape index (κ3) is 2.00. The average Bonchev–Trinajstić information content (AvgIpc) is 3.37. The maximum absolute atomic E-state index is 4.48. The van der Waals surface area contributed by atoms with E-state index in [1.54, 1.807) is 0 Å². The summed E-state index contributed by atoms with van der Waals surface area (Å²) < 4.78 is 3.32. The van der Waals surface area contributed by atoms with Gasteiger partial charge in [-0.2, -0.15) is 0 Å². The minimum Gasteiger partial charge on any atom is -0.320 e. The Kier molecular flexibility index (Phi) is 2.76. The van der Waals surface area contributed by atoms with Crippen molar-refractivity contribution < 1.29 is 0 Å². The smallest absolute Gasteiger partial charge is 0.143 e. The van der Waals surface area contributed by atoms with E-state index in [0.717, 1.165) is 17.7 Å². The summed E-state index contributed by atoms with van der Waals surface area (Å²) in [5.74, 6) is 2.68. The largest absolute Gasteiger partial charge is 0.320 e. The molecule has 0 saturated heterocycles. The van der Waals surface area contributed by atoms with Crippen molar-refractivity contribution in [2.24, 2.45) is 18.4 Å². The molecule has 1 heterocycles. The van der Waals surface area contributed by atoms with Gasteiger partial charge in [-0.25, -0.2) is 0 Å². The van der Waals surface area contributed by atoms with E-state index in [-0.39, 0.29) is 5.41 Å². The van der Waals surface area contributed by atoms with E-state index in [1.807, 2.05) is 6.33 Å². The molecular weight excluding hydrogens is 350 g/mol. The molecule has 0 aliphatic heterocycles. The Morgan fingerprint density at radius 1 is 1.17 bits per heavy atom. The van der Waals surface area contributed by atoms with Crippen LogP contribution in [-0.4, -0.2) is 14.8 Å². The first-order valence-corrected chi connectivity index (χ1v) is 9.47. The molecule has 3 nitrogen and oxygen atoms in total. The second-order valence-electron chi connectivity index (χ2n) is 8.25. The zero-order valence-corrected chi connectivity index (χ0v) is 15.3. The summed E-state index contributed by atoms with van der Waals surface area (Å²) >= 11 is 3.77. The third-order valence-electron chi connectivity index (χ3n) is 6.49. The van der Waals surface area contributed by atoms with Crippen LogP contribution in [0.4, 0.5) is 0 Å². The maximum Gasteiger partial charge on any atom is 0.143 e. The fourth-order valence-corrected chi connectivity index (χ4v) is 5.53. The Bertz CT molecular complexity index is 784. The van der Waals surface area contributed by atoms with Crippen molar-refractivity contribution in [3.63, 3.8) is 0 Å². The van der Waals surface area contributed by atoms with Gasteiger partial charge in [0.05, 0.1) is 5.41 Å². The van der Waals surface area contributed by atoms with E-state index in [2.05, 4.69) is 62.9 Å². The van der Waals surface area contributed by atoms with Crippen LogP contribution < -0.4 is 0 Å². The van der Waals surface area contributed by atoms with Crippen molar-refractivity contribution in [2.45, 2.75) is 50.4 Å².